The third kappa shape index (κ3) is 10.1. The monoisotopic (exact) mass is 552 g/mol. The molecule has 0 bridgehead atoms. The van der Waals surface area contributed by atoms with Crippen LogP contribution in [0.5, 0.6) is 0 Å². The molecule has 224 valence electrons. The number of amides is 2. The van der Waals surface area contributed by atoms with E-state index in [2.05, 4.69) is 10.6 Å². The fraction of sp³-hybridized carbons (Fsp3) is 0.852. The van der Waals surface area contributed by atoms with E-state index in [9.17, 15) is 19.2 Å². The summed E-state index contributed by atoms with van der Waals surface area (Å²) >= 11 is 0. The van der Waals surface area contributed by atoms with Gasteiger partial charge < -0.3 is 20.1 Å². The number of nitrogens with zero attached hydrogens (tertiary/aromatic N) is 2. The van der Waals surface area contributed by atoms with Crippen LogP contribution in [-0.4, -0.2) is 117 Å². The van der Waals surface area contributed by atoms with Gasteiger partial charge >= 0.3 is 11.9 Å². The number of nitrogens with one attached hydrogen (secondary N) is 2. The van der Waals surface area contributed by atoms with Crippen molar-refractivity contribution in [1.82, 2.24) is 20.4 Å². The molecule has 4 saturated heterocycles. The van der Waals surface area contributed by atoms with Gasteiger partial charge in [0.2, 0.25) is 11.8 Å². The molecule has 0 aromatic rings. The van der Waals surface area contributed by atoms with E-state index in [4.69, 9.17) is 9.47 Å². The molecule has 12 heteroatoms. The second-order valence-electron chi connectivity index (χ2n) is 8.89. The Morgan fingerprint density at radius 1 is 0.718 bits per heavy atom. The Kier molecular flexibility index (Phi) is 23.4. The highest BCUT2D eigenvalue weighted by Crippen LogP contribution is 2.41. The van der Waals surface area contributed by atoms with E-state index >= 15 is 0 Å². The van der Waals surface area contributed by atoms with Gasteiger partial charge in [-0.25, -0.2) is 0 Å². The average molecular weight is 552 g/mol. The van der Waals surface area contributed by atoms with E-state index in [1.165, 1.54) is 14.2 Å². The number of hydrogen-bond acceptors (Lipinski definition) is 8. The van der Waals surface area contributed by atoms with Gasteiger partial charge in [-0.1, -0.05) is 49.0 Å². The van der Waals surface area contributed by atoms with Gasteiger partial charge in [0.15, 0.2) is 0 Å². The summed E-state index contributed by atoms with van der Waals surface area (Å²) in [6.45, 7) is 14.7. The summed E-state index contributed by atoms with van der Waals surface area (Å²) < 4.78 is 9.46. The first-order chi connectivity index (χ1) is 17.2. The van der Waals surface area contributed by atoms with Crippen LogP contribution in [-0.2, 0) is 28.7 Å². The van der Waals surface area contributed by atoms with Crippen molar-refractivity contribution in [3.63, 3.8) is 0 Å². The predicted octanol–water partition coefficient (Wildman–Crippen LogP) is 1.69. The zero-order valence-electron chi connectivity index (χ0n) is 25.3. The maximum atomic E-state index is 11.7. The highest BCUT2D eigenvalue weighted by Gasteiger charge is 2.53. The summed E-state index contributed by atoms with van der Waals surface area (Å²) in [5.41, 5.74) is -0.707. The van der Waals surface area contributed by atoms with Gasteiger partial charge in [-0.2, -0.15) is 0 Å². The Hall–Kier alpha value is -2.07. The average Bonchev–Trinajstić information content (AvgIpc) is 3.65. The molecular formula is C27H54B2N4O6. The van der Waals surface area contributed by atoms with Crippen LogP contribution in [0.1, 0.15) is 74.7 Å². The van der Waals surface area contributed by atoms with E-state index in [1.807, 2.05) is 65.4 Å². The summed E-state index contributed by atoms with van der Waals surface area (Å²) in [7, 11) is 6.50. The van der Waals surface area contributed by atoms with Crippen molar-refractivity contribution in [1.29, 1.82) is 0 Å². The number of likely N-dealkylation sites (N-methyl/N-ethyl adjacent to an activating group) is 2. The second kappa shape index (κ2) is 20.8. The van der Waals surface area contributed by atoms with Crippen LogP contribution in [0.15, 0.2) is 0 Å². The minimum atomic E-state index is -0.354. The highest BCUT2D eigenvalue weighted by atomic mass is 16.5. The van der Waals surface area contributed by atoms with E-state index in [1.54, 1.807) is 0 Å². The Morgan fingerprint density at radius 2 is 1.00 bits per heavy atom. The van der Waals surface area contributed by atoms with Gasteiger partial charge in [-0.05, 0) is 39.8 Å². The first-order valence-corrected chi connectivity index (χ1v) is 13.3. The molecule has 0 aliphatic carbocycles. The van der Waals surface area contributed by atoms with Gasteiger partial charge in [0.25, 0.3) is 0 Å². The summed E-state index contributed by atoms with van der Waals surface area (Å²) in [5, 5.41) is 5.67. The number of ether oxygens (including phenoxy) is 2. The van der Waals surface area contributed by atoms with Gasteiger partial charge in [0.1, 0.15) is 12.1 Å². The number of esters is 2. The van der Waals surface area contributed by atoms with Crippen LogP contribution in [0, 0.1) is 10.8 Å². The largest absolute Gasteiger partial charge is 0.468 e. The summed E-state index contributed by atoms with van der Waals surface area (Å²) in [6.07, 6.45) is 2.82. The summed E-state index contributed by atoms with van der Waals surface area (Å²) in [4.78, 5) is 50.2. The predicted molar refractivity (Wildman–Crippen MR) is 159 cm³/mol. The van der Waals surface area contributed by atoms with Crippen LogP contribution in [0.25, 0.3) is 0 Å². The van der Waals surface area contributed by atoms with Crippen LogP contribution >= 0.6 is 0 Å². The lowest BCUT2D eigenvalue weighted by Crippen LogP contribution is -2.34. The van der Waals surface area contributed by atoms with E-state index in [0.29, 0.717) is 25.9 Å². The highest BCUT2D eigenvalue weighted by molar-refractivity contribution is 5.88. The molecule has 0 aromatic carbocycles. The van der Waals surface area contributed by atoms with Crippen molar-refractivity contribution in [2.24, 2.45) is 10.8 Å². The lowest BCUT2D eigenvalue weighted by atomic mass is 9.84. The lowest BCUT2D eigenvalue weighted by Gasteiger charge is -2.18. The van der Waals surface area contributed by atoms with Crippen molar-refractivity contribution in [2.45, 2.75) is 86.7 Å². The van der Waals surface area contributed by atoms with Gasteiger partial charge in [-0.3, -0.25) is 29.0 Å². The molecule has 4 unspecified atom stereocenters. The van der Waals surface area contributed by atoms with Crippen LogP contribution in [0.4, 0.5) is 0 Å². The molecule has 4 heterocycles. The summed E-state index contributed by atoms with van der Waals surface area (Å²) in [5.74, 6) is -0.315. The lowest BCUT2D eigenvalue weighted by molar-refractivity contribution is -0.146. The number of likely N-dealkylation sites (tertiary alicyclic amines) is 2. The molecule has 4 fully saturated rings. The van der Waals surface area contributed by atoms with Crippen LogP contribution in [0.2, 0.25) is 0 Å². The fourth-order valence-electron chi connectivity index (χ4n) is 5.28. The molecule has 4 aliphatic heterocycles. The molecule has 6 radical (unpaired) electrons. The minimum Gasteiger partial charge on any atom is -0.468 e. The van der Waals surface area contributed by atoms with Crippen LogP contribution < -0.4 is 10.6 Å². The standard InChI is InChI=1S/2C10H16N2O3.3C2H6.CH4.2B/c2*1-12-6-10(3-4-11-9(10)14)5-7(12)8(13)15-2;3*1-2;;;/h2*7H,3-6H2,1-2H3,(H,11,14);3*1-2H3;1H4;;. The van der Waals surface area contributed by atoms with Gasteiger partial charge in [-0.15, -0.1) is 0 Å². The van der Waals surface area contributed by atoms with Crippen LogP contribution in [0.3, 0.4) is 0 Å². The van der Waals surface area contributed by atoms with E-state index in [-0.39, 0.29) is 70.9 Å². The molecule has 2 spiro atoms. The first kappa shape index (κ1) is 44.0. The van der Waals surface area contributed by atoms with E-state index in [0.717, 1.165) is 25.9 Å². The van der Waals surface area contributed by atoms with E-state index < -0.39 is 0 Å². The molecule has 4 aliphatic rings. The molecule has 39 heavy (non-hydrogen) atoms. The Balaban J connectivity index is -0.000000248. The fourth-order valence-corrected chi connectivity index (χ4v) is 5.28. The molecule has 2 N–H and O–H groups in total. The molecular weight excluding hydrogens is 498 g/mol. The van der Waals surface area contributed by atoms with Crippen molar-refractivity contribution in [3.05, 3.63) is 0 Å². The Labute approximate surface area is 241 Å². The molecule has 10 nitrogen and oxygen atoms in total. The maximum absolute atomic E-state index is 11.7. The van der Waals surface area contributed by atoms with Crippen molar-refractivity contribution in [3.8, 4) is 0 Å². The van der Waals surface area contributed by atoms with Gasteiger partial charge in [0.05, 0.1) is 25.0 Å². The van der Waals surface area contributed by atoms with Crippen molar-refractivity contribution < 1.29 is 28.7 Å². The molecule has 0 aromatic heterocycles. The van der Waals surface area contributed by atoms with Crippen molar-refractivity contribution >= 4 is 40.6 Å². The smallest absolute Gasteiger partial charge is 0.323 e. The summed E-state index contributed by atoms with van der Waals surface area (Å²) in [6, 6.07) is -0.530. The number of carbonyl (C=O) groups excluding carboxylic acids is 4. The van der Waals surface area contributed by atoms with Crippen molar-refractivity contribution in [2.75, 3.05) is 54.5 Å². The topological polar surface area (TPSA) is 117 Å². The number of carbonyl (C=O) groups is 4. The normalized spacial score (nSPS) is 28.1. The number of hydrogen-bond donors (Lipinski definition) is 2. The Bertz CT molecular complexity index is 685. The quantitative estimate of drug-likeness (QED) is 0.393. The van der Waals surface area contributed by atoms with Gasteiger partial charge in [0, 0.05) is 43.0 Å². The molecule has 4 rings (SSSR count). The second-order valence-corrected chi connectivity index (χ2v) is 8.89. The SMILES string of the molecule is C.CC.CC.CC.COC(=O)C1CC2(CCNC2=O)CN1C.COC(=O)C1CC2(CCNC2=O)CN1C.[B].[B]. The number of methoxy groups -OCH3 is 2. The minimum absolute atomic E-state index is 0. The zero-order chi connectivity index (χ0) is 28.1. The first-order valence-electron chi connectivity index (χ1n) is 13.3. The Morgan fingerprint density at radius 3 is 1.21 bits per heavy atom. The molecule has 2 amide bonds. The molecule has 0 saturated carbocycles. The zero-order valence-corrected chi connectivity index (χ0v) is 25.3. The molecule has 4 atom stereocenters. The maximum Gasteiger partial charge on any atom is 0.323 e. The third-order valence-electron chi connectivity index (χ3n) is 7.02. The number of rotatable bonds is 2. The third-order valence-corrected chi connectivity index (χ3v) is 7.02.